The number of aliphatic hydroxyl groups excluding tert-OH is 2. The van der Waals surface area contributed by atoms with Gasteiger partial charge in [0.1, 0.15) is 10.6 Å². The number of nitrogens with zero attached hydrogens (tertiary/aromatic N) is 1. The number of hydrogen-bond donors (Lipinski definition) is 2. The van der Waals surface area contributed by atoms with Crippen molar-refractivity contribution in [2.24, 2.45) is 0 Å². The van der Waals surface area contributed by atoms with E-state index in [4.69, 9.17) is 4.74 Å². The fraction of sp³-hybridized carbons (Fsp3) is 0.500. The minimum absolute atomic E-state index is 0.0521. The Kier molecular flexibility index (Phi) is 3.82. The minimum Gasteiger partial charge on any atom is -0.495 e. The van der Waals surface area contributed by atoms with Gasteiger partial charge >= 0.3 is 0 Å². The molecule has 0 aromatic heterocycles. The summed E-state index contributed by atoms with van der Waals surface area (Å²) in [4.78, 5) is 0.0521. The molecule has 0 amide bonds. The van der Waals surface area contributed by atoms with Crippen LogP contribution in [0.3, 0.4) is 0 Å². The molecule has 1 aliphatic heterocycles. The van der Waals surface area contributed by atoms with Gasteiger partial charge in [0.05, 0.1) is 19.3 Å². The lowest BCUT2D eigenvalue weighted by Crippen LogP contribution is -2.30. The van der Waals surface area contributed by atoms with Crippen molar-refractivity contribution in [1.29, 1.82) is 0 Å². The van der Waals surface area contributed by atoms with Crippen molar-refractivity contribution in [3.05, 3.63) is 23.8 Å². The second-order valence-electron chi connectivity index (χ2n) is 4.61. The van der Waals surface area contributed by atoms with Crippen LogP contribution >= 0.6 is 0 Å². The van der Waals surface area contributed by atoms with Crippen LogP contribution in [0.5, 0.6) is 5.75 Å². The maximum absolute atomic E-state index is 12.5. The van der Waals surface area contributed by atoms with Gasteiger partial charge in [-0.2, -0.15) is 4.31 Å². The van der Waals surface area contributed by atoms with E-state index in [0.29, 0.717) is 0 Å². The molecule has 106 valence electrons. The van der Waals surface area contributed by atoms with Gasteiger partial charge in [-0.15, -0.1) is 0 Å². The topological polar surface area (TPSA) is 87.1 Å². The summed E-state index contributed by atoms with van der Waals surface area (Å²) in [5.74, 6) is 0.251. The largest absolute Gasteiger partial charge is 0.495 e. The monoisotopic (exact) mass is 287 g/mol. The van der Waals surface area contributed by atoms with Gasteiger partial charge in [0, 0.05) is 13.1 Å². The van der Waals surface area contributed by atoms with Gasteiger partial charge < -0.3 is 14.9 Å². The molecule has 0 radical (unpaired) electrons. The molecule has 0 saturated carbocycles. The zero-order valence-corrected chi connectivity index (χ0v) is 11.6. The molecule has 7 heteroatoms. The number of aryl methyl sites for hydroxylation is 1. The molecule has 0 bridgehead atoms. The fourth-order valence-corrected chi connectivity index (χ4v) is 3.77. The maximum atomic E-state index is 12.5. The molecular weight excluding hydrogens is 270 g/mol. The number of ether oxygens (including phenoxy) is 1. The Hall–Kier alpha value is -1.15. The molecule has 1 aromatic rings. The first-order valence-corrected chi connectivity index (χ1v) is 7.31. The molecule has 0 spiro atoms. The van der Waals surface area contributed by atoms with Crippen molar-refractivity contribution in [2.45, 2.75) is 24.0 Å². The van der Waals surface area contributed by atoms with Gasteiger partial charge in [0.25, 0.3) is 0 Å². The number of aliphatic hydroxyl groups is 2. The maximum Gasteiger partial charge on any atom is 0.246 e. The molecule has 2 rings (SSSR count). The van der Waals surface area contributed by atoms with Gasteiger partial charge in [0.15, 0.2) is 0 Å². The van der Waals surface area contributed by atoms with Crippen LogP contribution in [0.1, 0.15) is 5.56 Å². The molecule has 1 fully saturated rings. The smallest absolute Gasteiger partial charge is 0.246 e. The Labute approximate surface area is 112 Å². The molecule has 0 aliphatic carbocycles. The van der Waals surface area contributed by atoms with Crippen LogP contribution in [0.2, 0.25) is 0 Å². The Balaban J connectivity index is 2.43. The van der Waals surface area contributed by atoms with Gasteiger partial charge in [-0.1, -0.05) is 6.07 Å². The number of β-amino-alcohol motifs (C(OH)–C–C–N with tert-alkyl or cyclic N) is 2. The summed E-state index contributed by atoms with van der Waals surface area (Å²) in [7, 11) is -2.38. The molecule has 1 heterocycles. The third-order valence-electron chi connectivity index (χ3n) is 3.16. The minimum atomic E-state index is -3.78. The van der Waals surface area contributed by atoms with Gasteiger partial charge in [0.2, 0.25) is 10.0 Å². The van der Waals surface area contributed by atoms with Crippen LogP contribution in [0, 0.1) is 6.92 Å². The summed E-state index contributed by atoms with van der Waals surface area (Å²) in [6.45, 7) is 1.56. The number of hydrogen-bond acceptors (Lipinski definition) is 5. The van der Waals surface area contributed by atoms with E-state index in [-0.39, 0.29) is 23.7 Å². The van der Waals surface area contributed by atoms with Crippen molar-refractivity contribution >= 4 is 10.0 Å². The average molecular weight is 287 g/mol. The Morgan fingerprint density at radius 1 is 1.26 bits per heavy atom. The molecule has 1 saturated heterocycles. The van der Waals surface area contributed by atoms with E-state index in [1.165, 1.54) is 13.2 Å². The van der Waals surface area contributed by atoms with E-state index in [1.807, 2.05) is 0 Å². The summed E-state index contributed by atoms with van der Waals surface area (Å²) in [6.07, 6.45) is -2.10. The quantitative estimate of drug-likeness (QED) is 0.799. The first-order chi connectivity index (χ1) is 8.86. The molecular formula is C12H17NO5S. The predicted octanol–water partition coefficient (Wildman–Crippen LogP) is -0.270. The molecule has 2 atom stereocenters. The predicted molar refractivity (Wildman–Crippen MR) is 68.5 cm³/mol. The highest BCUT2D eigenvalue weighted by molar-refractivity contribution is 7.89. The van der Waals surface area contributed by atoms with Crippen LogP contribution < -0.4 is 4.74 Å². The number of rotatable bonds is 3. The van der Waals surface area contributed by atoms with Crippen molar-refractivity contribution in [3.63, 3.8) is 0 Å². The summed E-state index contributed by atoms with van der Waals surface area (Å²) in [6, 6.07) is 4.86. The van der Waals surface area contributed by atoms with E-state index in [1.54, 1.807) is 19.1 Å². The third kappa shape index (κ3) is 2.59. The number of benzene rings is 1. The van der Waals surface area contributed by atoms with Crippen molar-refractivity contribution in [2.75, 3.05) is 20.2 Å². The van der Waals surface area contributed by atoms with Crippen LogP contribution in [-0.2, 0) is 10.0 Å². The normalized spacial score (nSPS) is 24.6. The van der Waals surface area contributed by atoms with Crippen molar-refractivity contribution in [1.82, 2.24) is 4.31 Å². The van der Waals surface area contributed by atoms with Gasteiger partial charge in [-0.05, 0) is 24.6 Å². The molecule has 6 nitrogen and oxygen atoms in total. The molecule has 1 aliphatic rings. The summed E-state index contributed by atoms with van der Waals surface area (Å²) in [5.41, 5.74) is 0.791. The van der Waals surface area contributed by atoms with E-state index >= 15 is 0 Å². The van der Waals surface area contributed by atoms with E-state index in [9.17, 15) is 18.6 Å². The Morgan fingerprint density at radius 2 is 1.84 bits per heavy atom. The van der Waals surface area contributed by atoms with Crippen LogP contribution in [0.4, 0.5) is 0 Å². The zero-order valence-electron chi connectivity index (χ0n) is 10.8. The third-order valence-corrected chi connectivity index (χ3v) is 5.02. The average Bonchev–Trinajstić information content (AvgIpc) is 2.70. The lowest BCUT2D eigenvalue weighted by atomic mass is 10.2. The fourth-order valence-electron chi connectivity index (χ4n) is 2.06. The van der Waals surface area contributed by atoms with Crippen LogP contribution in [0.25, 0.3) is 0 Å². The second-order valence-corrected chi connectivity index (χ2v) is 6.52. The standard InChI is InChI=1S/C12H17NO5S/c1-8-3-4-11(18-2)12(5-8)19(16,17)13-6-9(14)10(15)7-13/h3-5,9-10,14-15H,6-7H2,1-2H3/t9-,10+. The van der Waals surface area contributed by atoms with Crippen molar-refractivity contribution in [3.8, 4) is 5.75 Å². The van der Waals surface area contributed by atoms with E-state index in [2.05, 4.69) is 0 Å². The molecule has 0 unspecified atom stereocenters. The van der Waals surface area contributed by atoms with Gasteiger partial charge in [-0.25, -0.2) is 8.42 Å². The summed E-state index contributed by atoms with van der Waals surface area (Å²) in [5, 5.41) is 18.9. The summed E-state index contributed by atoms with van der Waals surface area (Å²) < 4.78 is 31.1. The van der Waals surface area contributed by atoms with Crippen LogP contribution in [-0.4, -0.2) is 55.3 Å². The zero-order chi connectivity index (χ0) is 14.2. The number of sulfonamides is 1. The molecule has 19 heavy (non-hydrogen) atoms. The molecule has 2 N–H and O–H groups in total. The lowest BCUT2D eigenvalue weighted by molar-refractivity contribution is 0.0572. The first-order valence-electron chi connectivity index (χ1n) is 5.87. The highest BCUT2D eigenvalue weighted by Gasteiger charge is 2.38. The molecule has 1 aromatic carbocycles. The van der Waals surface area contributed by atoms with E-state index in [0.717, 1.165) is 9.87 Å². The van der Waals surface area contributed by atoms with Gasteiger partial charge in [-0.3, -0.25) is 0 Å². The summed E-state index contributed by atoms with van der Waals surface area (Å²) >= 11 is 0. The van der Waals surface area contributed by atoms with E-state index < -0.39 is 22.2 Å². The highest BCUT2D eigenvalue weighted by atomic mass is 32.2. The Morgan fingerprint density at radius 3 is 2.37 bits per heavy atom. The SMILES string of the molecule is COc1ccc(C)cc1S(=O)(=O)N1C[C@@H](O)[C@@H](O)C1. The first kappa shape index (κ1) is 14.3. The lowest BCUT2D eigenvalue weighted by Gasteiger charge is -2.18. The van der Waals surface area contributed by atoms with Crippen LogP contribution in [0.15, 0.2) is 23.1 Å². The Bertz CT molecular complexity index is 561. The van der Waals surface area contributed by atoms with Crippen molar-refractivity contribution < 1.29 is 23.4 Å². The highest BCUT2D eigenvalue weighted by Crippen LogP contribution is 2.29. The number of methoxy groups -OCH3 is 1. The second kappa shape index (κ2) is 5.09.